The number of alkyl halides is 3. The largest absolute Gasteiger partial charge is 0.406 e. The fourth-order valence-corrected chi connectivity index (χ4v) is 6.46. The van der Waals surface area contributed by atoms with Gasteiger partial charge in [-0.2, -0.15) is 18.3 Å². The van der Waals surface area contributed by atoms with Crippen molar-refractivity contribution in [2.24, 2.45) is 5.92 Å². The molecule has 0 aliphatic carbocycles. The molecule has 0 saturated carbocycles. The number of carbonyl (C=O) groups is 2. The van der Waals surface area contributed by atoms with Gasteiger partial charge in [-0.05, 0) is 60.9 Å². The Balaban J connectivity index is 1.20. The van der Waals surface area contributed by atoms with Crippen molar-refractivity contribution in [3.63, 3.8) is 0 Å². The summed E-state index contributed by atoms with van der Waals surface area (Å²) >= 11 is 0. The molecule has 2 aliphatic heterocycles. The minimum Gasteiger partial charge on any atom is -0.343 e. The summed E-state index contributed by atoms with van der Waals surface area (Å²) in [6.45, 7) is 0.913. The van der Waals surface area contributed by atoms with E-state index in [0.29, 0.717) is 53.3 Å². The van der Waals surface area contributed by atoms with Gasteiger partial charge in [0.05, 0.1) is 23.1 Å². The molecule has 2 N–H and O–H groups in total. The number of para-hydroxylation sites is 1. The highest BCUT2D eigenvalue weighted by Gasteiger charge is 2.39. The number of H-pyrrole nitrogens is 2. The van der Waals surface area contributed by atoms with Crippen molar-refractivity contribution in [2.75, 3.05) is 19.6 Å². The predicted molar refractivity (Wildman–Crippen MR) is 147 cm³/mol. The molecular weight excluding hydrogens is 554 g/mol. The molecule has 6 rings (SSSR count). The number of amides is 2. The van der Waals surface area contributed by atoms with Crippen LogP contribution in [0.3, 0.4) is 0 Å². The number of carbonyl (C=O) groups excluding carboxylic acids is 2. The van der Waals surface area contributed by atoms with Gasteiger partial charge in [0.15, 0.2) is 0 Å². The van der Waals surface area contributed by atoms with Gasteiger partial charge in [-0.15, -0.1) is 0 Å². The Labute approximate surface area is 237 Å². The molecule has 0 bridgehead atoms. The van der Waals surface area contributed by atoms with Gasteiger partial charge in [-0.3, -0.25) is 19.5 Å². The number of hydrogen-bond acceptors (Lipinski definition) is 4. The quantitative estimate of drug-likeness (QED) is 0.340. The lowest BCUT2D eigenvalue weighted by Gasteiger charge is -2.33. The van der Waals surface area contributed by atoms with E-state index in [1.54, 1.807) is 29.3 Å². The SMILES string of the molecule is Cc1cc2c(c3cn[nH]c13)CN(CC(F)(F)F)C(=O)C(CC(=O)N1CCC(c3cc4cccc(F)c4[nH]c3=O)CC1)C2. The number of hydrogen-bond donors (Lipinski definition) is 2. The van der Waals surface area contributed by atoms with Gasteiger partial charge in [0.1, 0.15) is 12.4 Å². The zero-order chi connectivity index (χ0) is 29.8. The third kappa shape index (κ3) is 5.25. The number of benzene rings is 2. The second-order valence-corrected chi connectivity index (χ2v) is 11.3. The summed E-state index contributed by atoms with van der Waals surface area (Å²) in [4.78, 5) is 44.6. The Morgan fingerprint density at radius 2 is 1.88 bits per heavy atom. The number of aryl methyl sites for hydroxylation is 1. The van der Waals surface area contributed by atoms with Crippen LogP contribution in [0.2, 0.25) is 0 Å². The third-order valence-electron chi connectivity index (χ3n) is 8.55. The van der Waals surface area contributed by atoms with Crippen LogP contribution in [0.1, 0.15) is 47.4 Å². The number of pyridine rings is 1. The summed E-state index contributed by atoms with van der Waals surface area (Å²) in [6, 6.07) is 8.12. The summed E-state index contributed by atoms with van der Waals surface area (Å²) in [5.41, 5.74) is 3.22. The number of aromatic amines is 2. The maximum atomic E-state index is 14.1. The van der Waals surface area contributed by atoms with E-state index < -0.39 is 30.4 Å². The molecule has 1 atom stereocenters. The normalized spacial score (nSPS) is 18.5. The van der Waals surface area contributed by atoms with E-state index in [4.69, 9.17) is 0 Å². The van der Waals surface area contributed by atoms with E-state index >= 15 is 0 Å². The zero-order valence-electron chi connectivity index (χ0n) is 22.9. The third-order valence-corrected chi connectivity index (χ3v) is 8.55. The van der Waals surface area contributed by atoms with Gasteiger partial charge in [-0.25, -0.2) is 4.39 Å². The first-order valence-corrected chi connectivity index (χ1v) is 13.9. The molecule has 0 spiro atoms. The van der Waals surface area contributed by atoms with Crippen LogP contribution in [-0.2, 0) is 22.6 Å². The number of rotatable bonds is 4. The standard InChI is InChI=1S/C30H29F4N5O3/c1-16-9-19-10-20(29(42)39(15-30(32,33)34)14-23(19)22-13-35-37-26(16)22)12-25(40)38-7-5-17(6-8-38)21-11-18-3-2-4-24(31)27(18)36-28(21)41/h2-4,9,11,13,17,20H,5-8,10,12,14-15H2,1H3,(H,35,37)(H,36,41). The number of nitrogens with zero attached hydrogens (tertiary/aromatic N) is 3. The molecule has 42 heavy (non-hydrogen) atoms. The topological polar surface area (TPSA) is 102 Å². The van der Waals surface area contributed by atoms with E-state index in [0.717, 1.165) is 16.0 Å². The second-order valence-electron chi connectivity index (χ2n) is 11.3. The van der Waals surface area contributed by atoms with Crippen molar-refractivity contribution >= 4 is 33.6 Å². The first kappa shape index (κ1) is 27.9. The minimum absolute atomic E-state index is 0.139. The Hall–Kier alpha value is -4.22. The van der Waals surface area contributed by atoms with Gasteiger partial charge in [-0.1, -0.05) is 18.2 Å². The molecule has 2 aromatic heterocycles. The van der Waals surface area contributed by atoms with Crippen LogP contribution in [0.5, 0.6) is 0 Å². The molecule has 1 unspecified atom stereocenters. The van der Waals surface area contributed by atoms with E-state index in [1.165, 1.54) is 6.07 Å². The highest BCUT2D eigenvalue weighted by atomic mass is 19.4. The van der Waals surface area contributed by atoms with Crippen LogP contribution >= 0.6 is 0 Å². The van der Waals surface area contributed by atoms with E-state index in [-0.39, 0.29) is 42.3 Å². The van der Waals surface area contributed by atoms with Gasteiger partial charge >= 0.3 is 6.18 Å². The van der Waals surface area contributed by atoms with Crippen LogP contribution < -0.4 is 5.56 Å². The molecule has 4 heterocycles. The smallest absolute Gasteiger partial charge is 0.343 e. The number of piperidine rings is 1. The van der Waals surface area contributed by atoms with Gasteiger partial charge in [0, 0.05) is 42.4 Å². The lowest BCUT2D eigenvalue weighted by Crippen LogP contribution is -2.44. The predicted octanol–water partition coefficient (Wildman–Crippen LogP) is 4.71. The monoisotopic (exact) mass is 583 g/mol. The summed E-state index contributed by atoms with van der Waals surface area (Å²) in [6.07, 6.45) is -2.11. The highest BCUT2D eigenvalue weighted by molar-refractivity contribution is 5.90. The van der Waals surface area contributed by atoms with Crippen molar-refractivity contribution in [1.29, 1.82) is 0 Å². The van der Waals surface area contributed by atoms with Crippen LogP contribution in [0, 0.1) is 18.7 Å². The molecule has 2 amide bonds. The maximum absolute atomic E-state index is 14.1. The summed E-state index contributed by atoms with van der Waals surface area (Å²) in [7, 11) is 0. The molecule has 1 fully saturated rings. The van der Waals surface area contributed by atoms with E-state index in [9.17, 15) is 31.9 Å². The zero-order valence-corrected chi connectivity index (χ0v) is 22.9. The second kappa shape index (κ2) is 10.6. The average Bonchev–Trinajstić information content (AvgIpc) is 3.40. The van der Waals surface area contributed by atoms with E-state index in [1.807, 2.05) is 13.0 Å². The van der Waals surface area contributed by atoms with Gasteiger partial charge < -0.3 is 14.8 Å². The molecule has 2 aromatic carbocycles. The van der Waals surface area contributed by atoms with Crippen LogP contribution in [0.15, 0.2) is 41.3 Å². The van der Waals surface area contributed by atoms with Crippen molar-refractivity contribution in [2.45, 2.75) is 51.2 Å². The first-order chi connectivity index (χ1) is 20.0. The lowest BCUT2D eigenvalue weighted by atomic mass is 9.88. The van der Waals surface area contributed by atoms with Crippen molar-refractivity contribution in [3.05, 3.63) is 75.0 Å². The Kier molecular flexibility index (Phi) is 7.02. The molecular formula is C30H29F4N5O3. The van der Waals surface area contributed by atoms with Crippen molar-refractivity contribution in [3.8, 4) is 0 Å². The summed E-state index contributed by atoms with van der Waals surface area (Å²) < 4.78 is 54.6. The van der Waals surface area contributed by atoms with Crippen molar-refractivity contribution < 1.29 is 27.2 Å². The lowest BCUT2D eigenvalue weighted by molar-refractivity contribution is -0.165. The van der Waals surface area contributed by atoms with Crippen LogP contribution in [0.25, 0.3) is 21.8 Å². The molecule has 2 aliphatic rings. The summed E-state index contributed by atoms with van der Waals surface area (Å²) in [5.74, 6) is -2.60. The maximum Gasteiger partial charge on any atom is 0.406 e. The molecule has 8 nitrogen and oxygen atoms in total. The minimum atomic E-state index is -4.59. The molecule has 220 valence electrons. The molecule has 4 aromatic rings. The van der Waals surface area contributed by atoms with E-state index in [2.05, 4.69) is 15.2 Å². The number of nitrogens with one attached hydrogen (secondary N) is 2. The average molecular weight is 584 g/mol. The summed E-state index contributed by atoms with van der Waals surface area (Å²) in [5, 5.41) is 8.18. The number of aromatic nitrogens is 3. The fraction of sp³-hybridized carbons (Fsp3) is 0.400. The Morgan fingerprint density at radius 1 is 1.12 bits per heavy atom. The fourth-order valence-electron chi connectivity index (χ4n) is 6.46. The molecule has 0 radical (unpaired) electrons. The van der Waals surface area contributed by atoms with Crippen LogP contribution in [-0.4, -0.2) is 62.6 Å². The number of likely N-dealkylation sites (tertiary alicyclic amines) is 1. The van der Waals surface area contributed by atoms with Crippen molar-refractivity contribution in [1.82, 2.24) is 25.0 Å². The van der Waals surface area contributed by atoms with Crippen LogP contribution in [0.4, 0.5) is 17.6 Å². The molecule has 1 saturated heterocycles. The molecule has 12 heteroatoms. The van der Waals surface area contributed by atoms with Gasteiger partial charge in [0.2, 0.25) is 11.8 Å². The van der Waals surface area contributed by atoms with Gasteiger partial charge in [0.25, 0.3) is 5.56 Å². The number of halogens is 4. The first-order valence-electron chi connectivity index (χ1n) is 13.9. The Morgan fingerprint density at radius 3 is 2.62 bits per heavy atom. The highest BCUT2D eigenvalue weighted by Crippen LogP contribution is 2.34. The Bertz CT molecular complexity index is 1750. The number of fused-ring (bicyclic) bond motifs is 4.